The monoisotopic (exact) mass is 257 g/mol. The minimum atomic E-state index is -0.240. The van der Waals surface area contributed by atoms with E-state index in [9.17, 15) is 4.39 Å². The molecule has 0 saturated heterocycles. The van der Waals surface area contributed by atoms with Gasteiger partial charge in [0.25, 0.3) is 0 Å². The van der Waals surface area contributed by atoms with Gasteiger partial charge in [0.2, 0.25) is 0 Å². The lowest BCUT2D eigenvalue weighted by Crippen LogP contribution is -1.92. The molecule has 0 radical (unpaired) electrons. The third-order valence-electron chi connectivity index (χ3n) is 2.54. The van der Waals surface area contributed by atoms with Crippen molar-refractivity contribution in [1.29, 1.82) is 5.26 Å². The quantitative estimate of drug-likeness (QED) is 0.749. The Hall–Kier alpha value is -1.79. The zero-order valence-electron chi connectivity index (χ0n) is 9.71. The highest BCUT2D eigenvalue weighted by Crippen LogP contribution is 2.37. The lowest BCUT2D eigenvalue weighted by molar-refractivity contribution is 0.626. The van der Waals surface area contributed by atoms with Gasteiger partial charge in [0.05, 0.1) is 12.5 Å². The molecule has 3 heteroatoms. The number of nitrogens with zero attached hydrogens (tertiary/aromatic N) is 1. The Morgan fingerprint density at radius 3 is 2.33 bits per heavy atom. The molecular weight excluding hydrogens is 245 g/mol. The van der Waals surface area contributed by atoms with Crippen LogP contribution < -0.4 is 0 Å². The average molecular weight is 257 g/mol. The zero-order valence-corrected chi connectivity index (χ0v) is 10.5. The third kappa shape index (κ3) is 3.35. The molecule has 1 atom stereocenters. The molecule has 1 unspecified atom stereocenters. The Morgan fingerprint density at radius 1 is 1.06 bits per heavy atom. The van der Waals surface area contributed by atoms with Crippen LogP contribution in [-0.4, -0.2) is 0 Å². The number of rotatable bonds is 4. The van der Waals surface area contributed by atoms with Crippen molar-refractivity contribution in [3.05, 3.63) is 66.0 Å². The fraction of sp³-hybridized carbons (Fsp3) is 0.133. The molecule has 0 aliphatic carbocycles. The lowest BCUT2D eigenvalue weighted by atomic mass is 10.1. The summed E-state index contributed by atoms with van der Waals surface area (Å²) < 4.78 is 12.8. The second kappa shape index (κ2) is 6.23. The number of hydrogen-bond donors (Lipinski definition) is 0. The third-order valence-corrected chi connectivity index (χ3v) is 3.81. The van der Waals surface area contributed by atoms with Crippen LogP contribution in [0.2, 0.25) is 0 Å². The molecule has 90 valence electrons. The molecule has 2 aromatic carbocycles. The summed E-state index contributed by atoms with van der Waals surface area (Å²) in [6, 6.07) is 18.5. The SMILES string of the molecule is N#CCC(Sc1ccc(F)cc1)c1ccccc1. The normalized spacial score (nSPS) is 11.8. The fourth-order valence-electron chi connectivity index (χ4n) is 1.66. The molecule has 1 nitrogen and oxygen atoms in total. The molecule has 0 amide bonds. The summed E-state index contributed by atoms with van der Waals surface area (Å²) in [6.45, 7) is 0. The maximum atomic E-state index is 12.8. The van der Waals surface area contributed by atoms with E-state index >= 15 is 0 Å². The van der Waals surface area contributed by atoms with Crippen molar-refractivity contribution in [2.45, 2.75) is 16.6 Å². The van der Waals surface area contributed by atoms with Crippen LogP contribution in [0.5, 0.6) is 0 Å². The number of hydrogen-bond acceptors (Lipinski definition) is 2. The second-order valence-electron chi connectivity index (χ2n) is 3.83. The first-order valence-electron chi connectivity index (χ1n) is 5.63. The Balaban J connectivity index is 2.17. The van der Waals surface area contributed by atoms with Gasteiger partial charge in [-0.2, -0.15) is 5.26 Å². The molecular formula is C15H12FNS. The van der Waals surface area contributed by atoms with Gasteiger partial charge in [0.15, 0.2) is 0 Å². The molecule has 0 aromatic heterocycles. The molecule has 0 fully saturated rings. The summed E-state index contributed by atoms with van der Waals surface area (Å²) in [5, 5.41) is 8.98. The zero-order chi connectivity index (χ0) is 12.8. The van der Waals surface area contributed by atoms with Crippen LogP contribution in [0.25, 0.3) is 0 Å². The van der Waals surface area contributed by atoms with Crippen LogP contribution in [0.1, 0.15) is 17.2 Å². The van der Waals surface area contributed by atoms with E-state index in [-0.39, 0.29) is 11.1 Å². The van der Waals surface area contributed by atoms with Gasteiger partial charge in [0.1, 0.15) is 5.82 Å². The predicted octanol–water partition coefficient (Wildman–Crippen LogP) is 4.57. The average Bonchev–Trinajstić information content (AvgIpc) is 2.42. The lowest BCUT2D eigenvalue weighted by Gasteiger charge is -2.13. The molecule has 0 aliphatic rings. The standard InChI is InChI=1S/C15H12FNS/c16-13-6-8-14(9-7-13)18-15(10-11-17)12-4-2-1-3-5-12/h1-9,15H,10H2. The summed E-state index contributed by atoms with van der Waals surface area (Å²) in [7, 11) is 0. The summed E-state index contributed by atoms with van der Waals surface area (Å²) >= 11 is 1.59. The van der Waals surface area contributed by atoms with Gasteiger partial charge in [0, 0.05) is 10.1 Å². The highest BCUT2D eigenvalue weighted by molar-refractivity contribution is 7.99. The van der Waals surface area contributed by atoms with Crippen LogP contribution in [0.4, 0.5) is 4.39 Å². The number of nitriles is 1. The van der Waals surface area contributed by atoms with Crippen LogP contribution in [0, 0.1) is 17.1 Å². The van der Waals surface area contributed by atoms with E-state index in [1.807, 2.05) is 30.3 Å². The maximum absolute atomic E-state index is 12.8. The Kier molecular flexibility index (Phi) is 4.38. The molecule has 18 heavy (non-hydrogen) atoms. The van der Waals surface area contributed by atoms with Crippen LogP contribution in [-0.2, 0) is 0 Å². The second-order valence-corrected chi connectivity index (χ2v) is 5.11. The molecule has 0 saturated carbocycles. The Morgan fingerprint density at radius 2 is 1.72 bits per heavy atom. The number of thioether (sulfide) groups is 1. The molecule has 0 heterocycles. The van der Waals surface area contributed by atoms with Gasteiger partial charge in [-0.3, -0.25) is 0 Å². The van der Waals surface area contributed by atoms with E-state index in [0.29, 0.717) is 6.42 Å². The van der Waals surface area contributed by atoms with Gasteiger partial charge in [-0.15, -0.1) is 11.8 Å². The molecule has 0 bridgehead atoms. The summed E-state index contributed by atoms with van der Waals surface area (Å²) in [4.78, 5) is 0.973. The van der Waals surface area contributed by atoms with E-state index in [4.69, 9.17) is 5.26 Å². The van der Waals surface area contributed by atoms with Crippen molar-refractivity contribution < 1.29 is 4.39 Å². The fourth-order valence-corrected chi connectivity index (χ4v) is 2.73. The molecule has 0 aliphatic heterocycles. The van der Waals surface area contributed by atoms with Crippen LogP contribution in [0.3, 0.4) is 0 Å². The van der Waals surface area contributed by atoms with Gasteiger partial charge < -0.3 is 0 Å². The van der Waals surface area contributed by atoms with Crippen molar-refractivity contribution in [2.24, 2.45) is 0 Å². The van der Waals surface area contributed by atoms with Crippen molar-refractivity contribution in [3.63, 3.8) is 0 Å². The Labute approximate surface area is 110 Å². The summed E-state index contributed by atoms with van der Waals surface area (Å²) in [5.41, 5.74) is 1.12. The van der Waals surface area contributed by atoms with Crippen molar-refractivity contribution >= 4 is 11.8 Å². The van der Waals surface area contributed by atoms with E-state index in [1.165, 1.54) is 12.1 Å². The largest absolute Gasteiger partial charge is 0.207 e. The highest BCUT2D eigenvalue weighted by atomic mass is 32.2. The van der Waals surface area contributed by atoms with Gasteiger partial charge in [-0.05, 0) is 29.8 Å². The van der Waals surface area contributed by atoms with Gasteiger partial charge in [-0.25, -0.2) is 4.39 Å². The van der Waals surface area contributed by atoms with E-state index in [2.05, 4.69) is 6.07 Å². The van der Waals surface area contributed by atoms with E-state index < -0.39 is 0 Å². The smallest absolute Gasteiger partial charge is 0.123 e. The predicted molar refractivity (Wildman–Crippen MR) is 71.7 cm³/mol. The molecule has 0 N–H and O–H groups in total. The highest BCUT2D eigenvalue weighted by Gasteiger charge is 2.12. The molecule has 2 aromatic rings. The van der Waals surface area contributed by atoms with Gasteiger partial charge >= 0.3 is 0 Å². The number of benzene rings is 2. The van der Waals surface area contributed by atoms with E-state index in [1.54, 1.807) is 23.9 Å². The minimum Gasteiger partial charge on any atom is -0.207 e. The summed E-state index contributed by atoms with van der Waals surface area (Å²) in [5.74, 6) is -0.240. The Bertz CT molecular complexity index is 531. The summed E-state index contributed by atoms with van der Waals surface area (Å²) in [6.07, 6.45) is 0.437. The first-order chi connectivity index (χ1) is 8.79. The topological polar surface area (TPSA) is 23.8 Å². The molecule has 2 rings (SSSR count). The van der Waals surface area contributed by atoms with Crippen molar-refractivity contribution in [3.8, 4) is 6.07 Å². The van der Waals surface area contributed by atoms with E-state index in [0.717, 1.165) is 10.5 Å². The molecule has 0 spiro atoms. The first-order valence-corrected chi connectivity index (χ1v) is 6.51. The maximum Gasteiger partial charge on any atom is 0.123 e. The minimum absolute atomic E-state index is 0.0849. The van der Waals surface area contributed by atoms with Crippen molar-refractivity contribution in [1.82, 2.24) is 0 Å². The first kappa shape index (κ1) is 12.7. The van der Waals surface area contributed by atoms with Crippen LogP contribution in [0.15, 0.2) is 59.5 Å². The van der Waals surface area contributed by atoms with Crippen LogP contribution >= 0.6 is 11.8 Å². The number of halogens is 1. The van der Waals surface area contributed by atoms with Gasteiger partial charge in [-0.1, -0.05) is 30.3 Å². The van der Waals surface area contributed by atoms with Crippen molar-refractivity contribution in [2.75, 3.05) is 0 Å².